The minimum atomic E-state index is -0.389. The Morgan fingerprint density at radius 2 is 1.92 bits per heavy atom. The number of hydrogen-bond acceptors (Lipinski definition) is 5. The van der Waals surface area contributed by atoms with Crippen molar-refractivity contribution in [3.63, 3.8) is 0 Å². The number of thiophene rings is 1. The van der Waals surface area contributed by atoms with Crippen LogP contribution in [0.15, 0.2) is 41.4 Å². The number of hydrogen-bond donors (Lipinski definition) is 2. The lowest BCUT2D eigenvalue weighted by Crippen LogP contribution is -2.35. The van der Waals surface area contributed by atoms with Crippen LogP contribution in [0.2, 0.25) is 0 Å². The second-order valence-corrected chi connectivity index (χ2v) is 6.82. The fraction of sp³-hybridized carbons (Fsp3) is 0.263. The molecule has 0 atom stereocenters. The maximum Gasteiger partial charge on any atom is 0.268 e. The molecule has 1 aromatic carbocycles. The fourth-order valence-corrected chi connectivity index (χ4v) is 2.99. The zero-order chi connectivity index (χ0) is 18.5. The van der Waals surface area contributed by atoms with Crippen LogP contribution in [0.3, 0.4) is 0 Å². The lowest BCUT2D eigenvalue weighted by Gasteiger charge is -2.12. The minimum absolute atomic E-state index is 0.201. The van der Waals surface area contributed by atoms with E-state index in [1.54, 1.807) is 24.3 Å². The van der Waals surface area contributed by atoms with Gasteiger partial charge in [-0.05, 0) is 48.6 Å². The number of carbonyl (C=O) groups excluding carboxylic acids is 2. The average Bonchev–Trinajstić information content (AvgIpc) is 3.32. The summed E-state index contributed by atoms with van der Waals surface area (Å²) in [7, 11) is 3.03. The van der Waals surface area contributed by atoms with E-state index in [2.05, 4.69) is 10.6 Å². The molecule has 1 aliphatic rings. The third-order valence-electron chi connectivity index (χ3n) is 3.88. The highest BCUT2D eigenvalue weighted by molar-refractivity contribution is 7.10. The van der Waals surface area contributed by atoms with Crippen LogP contribution in [0.5, 0.6) is 11.5 Å². The topological polar surface area (TPSA) is 76.7 Å². The molecular formula is C19H20N2O4S. The molecule has 0 saturated heterocycles. The molecule has 1 aromatic heterocycles. The van der Waals surface area contributed by atoms with E-state index in [1.807, 2.05) is 17.5 Å². The first-order valence-corrected chi connectivity index (χ1v) is 9.08. The third kappa shape index (κ3) is 4.43. The number of rotatable bonds is 7. The van der Waals surface area contributed by atoms with Crippen LogP contribution in [0, 0.1) is 0 Å². The maximum atomic E-state index is 12.6. The van der Waals surface area contributed by atoms with E-state index in [9.17, 15) is 9.59 Å². The molecule has 6 nitrogen and oxygen atoms in total. The summed E-state index contributed by atoms with van der Waals surface area (Å²) in [6.45, 7) is 0. The van der Waals surface area contributed by atoms with Gasteiger partial charge in [0.25, 0.3) is 11.8 Å². The highest BCUT2D eigenvalue weighted by atomic mass is 32.1. The molecule has 2 N–H and O–H groups in total. The molecule has 0 aliphatic heterocycles. The van der Waals surface area contributed by atoms with Gasteiger partial charge in [0.05, 0.1) is 14.2 Å². The average molecular weight is 372 g/mol. The van der Waals surface area contributed by atoms with Gasteiger partial charge < -0.3 is 20.1 Å². The summed E-state index contributed by atoms with van der Waals surface area (Å²) in [6.07, 6.45) is 3.63. The van der Waals surface area contributed by atoms with Crippen molar-refractivity contribution in [1.82, 2.24) is 10.6 Å². The molecule has 0 unspecified atom stereocenters. The minimum Gasteiger partial charge on any atom is -0.493 e. The number of amides is 2. The first-order valence-electron chi connectivity index (χ1n) is 8.20. The number of benzene rings is 1. The lowest BCUT2D eigenvalue weighted by atomic mass is 10.1. The summed E-state index contributed by atoms with van der Waals surface area (Å²) < 4.78 is 10.4. The number of nitrogens with one attached hydrogen (secondary N) is 2. The largest absolute Gasteiger partial charge is 0.493 e. The summed E-state index contributed by atoms with van der Waals surface area (Å²) in [5.41, 5.74) is 0.595. The Kier molecular flexibility index (Phi) is 5.58. The van der Waals surface area contributed by atoms with E-state index in [4.69, 9.17) is 9.47 Å². The Morgan fingerprint density at radius 1 is 1.15 bits per heavy atom. The van der Waals surface area contributed by atoms with Crippen LogP contribution < -0.4 is 20.1 Å². The Balaban J connectivity index is 1.81. The molecule has 1 heterocycles. The molecule has 0 radical (unpaired) electrons. The molecule has 1 fully saturated rings. The van der Waals surface area contributed by atoms with Crippen molar-refractivity contribution in [2.75, 3.05) is 14.2 Å². The van der Waals surface area contributed by atoms with Crippen molar-refractivity contribution in [2.45, 2.75) is 18.9 Å². The molecule has 7 heteroatoms. The van der Waals surface area contributed by atoms with E-state index in [1.165, 1.54) is 25.6 Å². The quantitative estimate of drug-likeness (QED) is 0.733. The summed E-state index contributed by atoms with van der Waals surface area (Å²) in [5.74, 6) is 0.311. The second kappa shape index (κ2) is 8.05. The monoisotopic (exact) mass is 372 g/mol. The Morgan fingerprint density at radius 3 is 2.54 bits per heavy atom. The highest BCUT2D eigenvalue weighted by Crippen LogP contribution is 2.27. The van der Waals surface area contributed by atoms with Crippen molar-refractivity contribution < 1.29 is 19.1 Å². The van der Waals surface area contributed by atoms with Crippen molar-refractivity contribution in [1.29, 1.82) is 0 Å². The Labute approximate surface area is 155 Å². The SMILES string of the molecule is COc1ccc(C(=O)N/C(=C\c2cccs2)C(=O)NC2CC2)cc1OC. The van der Waals surface area contributed by atoms with E-state index in [-0.39, 0.29) is 23.6 Å². The van der Waals surface area contributed by atoms with Gasteiger partial charge in [0.2, 0.25) is 0 Å². The third-order valence-corrected chi connectivity index (χ3v) is 4.70. The number of carbonyl (C=O) groups is 2. The normalized spacial score (nSPS) is 13.8. The first kappa shape index (κ1) is 18.0. The molecular weight excluding hydrogens is 352 g/mol. The van der Waals surface area contributed by atoms with E-state index in [0.717, 1.165) is 17.7 Å². The summed E-state index contributed by atoms with van der Waals surface area (Å²) >= 11 is 1.49. The molecule has 3 rings (SSSR count). The molecule has 1 saturated carbocycles. The smallest absolute Gasteiger partial charge is 0.268 e. The van der Waals surface area contributed by atoms with Crippen LogP contribution in [-0.4, -0.2) is 32.1 Å². The predicted octanol–water partition coefficient (Wildman–Crippen LogP) is 2.81. The van der Waals surface area contributed by atoms with Gasteiger partial charge in [0.15, 0.2) is 11.5 Å². The first-order chi connectivity index (χ1) is 12.6. The van der Waals surface area contributed by atoms with Crippen LogP contribution in [0.25, 0.3) is 6.08 Å². The van der Waals surface area contributed by atoms with E-state index >= 15 is 0 Å². The fourth-order valence-electron chi connectivity index (χ4n) is 2.34. The predicted molar refractivity (Wildman–Crippen MR) is 100 cm³/mol. The zero-order valence-electron chi connectivity index (χ0n) is 14.6. The Bertz CT molecular complexity index is 826. The van der Waals surface area contributed by atoms with Crippen LogP contribution in [0.1, 0.15) is 28.1 Å². The molecule has 2 amide bonds. The number of ether oxygens (including phenoxy) is 2. The molecule has 136 valence electrons. The molecule has 1 aliphatic carbocycles. The van der Waals surface area contributed by atoms with Gasteiger partial charge in [-0.3, -0.25) is 9.59 Å². The molecule has 0 bridgehead atoms. The van der Waals surface area contributed by atoms with Gasteiger partial charge in [-0.2, -0.15) is 0 Å². The van der Waals surface area contributed by atoms with Crippen molar-refractivity contribution in [2.24, 2.45) is 0 Å². The van der Waals surface area contributed by atoms with E-state index in [0.29, 0.717) is 17.1 Å². The van der Waals surface area contributed by atoms with Crippen LogP contribution >= 0.6 is 11.3 Å². The molecule has 26 heavy (non-hydrogen) atoms. The van der Waals surface area contributed by atoms with Gasteiger partial charge in [-0.25, -0.2) is 0 Å². The maximum absolute atomic E-state index is 12.6. The van der Waals surface area contributed by atoms with E-state index < -0.39 is 0 Å². The number of methoxy groups -OCH3 is 2. The van der Waals surface area contributed by atoms with Crippen LogP contribution in [-0.2, 0) is 4.79 Å². The molecule has 0 spiro atoms. The summed E-state index contributed by atoms with van der Waals surface area (Å²) in [4.78, 5) is 26.0. The van der Waals surface area contributed by atoms with Gasteiger partial charge in [0, 0.05) is 16.5 Å². The summed E-state index contributed by atoms with van der Waals surface area (Å²) in [6, 6.07) is 8.84. The van der Waals surface area contributed by atoms with Gasteiger partial charge >= 0.3 is 0 Å². The van der Waals surface area contributed by atoms with Crippen molar-refractivity contribution in [3.8, 4) is 11.5 Å². The molecule has 2 aromatic rings. The van der Waals surface area contributed by atoms with Gasteiger partial charge in [-0.1, -0.05) is 6.07 Å². The zero-order valence-corrected chi connectivity index (χ0v) is 15.4. The van der Waals surface area contributed by atoms with Gasteiger partial charge in [-0.15, -0.1) is 11.3 Å². The van der Waals surface area contributed by atoms with Crippen molar-refractivity contribution in [3.05, 3.63) is 51.8 Å². The van der Waals surface area contributed by atoms with Crippen molar-refractivity contribution >= 4 is 29.2 Å². The Hall–Kier alpha value is -2.80. The highest BCUT2D eigenvalue weighted by Gasteiger charge is 2.25. The van der Waals surface area contributed by atoms with Gasteiger partial charge in [0.1, 0.15) is 5.70 Å². The lowest BCUT2D eigenvalue weighted by molar-refractivity contribution is -0.117. The second-order valence-electron chi connectivity index (χ2n) is 5.85. The standard InChI is InChI=1S/C19H20N2O4S/c1-24-16-8-5-12(10-17(16)25-2)18(22)21-15(11-14-4-3-9-26-14)19(23)20-13-6-7-13/h3-5,8-11,13H,6-7H2,1-2H3,(H,20,23)(H,21,22)/b15-11-. The summed E-state index contributed by atoms with van der Waals surface area (Å²) in [5, 5.41) is 7.53. The van der Waals surface area contributed by atoms with Crippen LogP contribution in [0.4, 0.5) is 0 Å².